The fourth-order valence-electron chi connectivity index (χ4n) is 1.73. The molecule has 0 aliphatic heterocycles. The van der Waals surface area contributed by atoms with Crippen LogP contribution >= 0.6 is 27.3 Å². The van der Waals surface area contributed by atoms with Gasteiger partial charge in [0.1, 0.15) is 18.0 Å². The molecule has 2 aromatic rings. The summed E-state index contributed by atoms with van der Waals surface area (Å²) in [5, 5.41) is 5.38. The van der Waals surface area contributed by atoms with Gasteiger partial charge in [0.05, 0.1) is 6.54 Å². The molecule has 96 valence electrons. The van der Waals surface area contributed by atoms with Crippen molar-refractivity contribution in [1.82, 2.24) is 9.97 Å². The average molecular weight is 327 g/mol. The number of hydrogen-bond acceptors (Lipinski definition) is 5. The number of nitrogens with zero attached hydrogens (tertiary/aromatic N) is 2. The van der Waals surface area contributed by atoms with Gasteiger partial charge < -0.3 is 11.1 Å². The minimum Gasteiger partial charge on any atom is -0.383 e. The molecule has 4 nitrogen and oxygen atoms in total. The molecule has 0 saturated heterocycles. The minimum absolute atomic E-state index is 0.292. The summed E-state index contributed by atoms with van der Waals surface area (Å²) in [4.78, 5) is 9.56. The Hall–Kier alpha value is -1.14. The van der Waals surface area contributed by atoms with Gasteiger partial charge in [-0.1, -0.05) is 13.8 Å². The second kappa shape index (κ2) is 5.67. The van der Waals surface area contributed by atoms with Gasteiger partial charge in [0.15, 0.2) is 0 Å². The maximum Gasteiger partial charge on any atom is 0.135 e. The number of nitrogen functional groups attached to an aromatic ring is 1. The van der Waals surface area contributed by atoms with Crippen molar-refractivity contribution < 1.29 is 0 Å². The molecule has 0 amide bonds. The number of nitrogens with one attached hydrogen (secondary N) is 1. The molecule has 0 atom stereocenters. The van der Waals surface area contributed by atoms with E-state index in [1.165, 1.54) is 11.2 Å². The molecule has 3 N–H and O–H groups in total. The Balaban J connectivity index is 2.19. The number of anilines is 2. The van der Waals surface area contributed by atoms with Crippen molar-refractivity contribution in [3.05, 3.63) is 32.7 Å². The van der Waals surface area contributed by atoms with Gasteiger partial charge in [-0.25, -0.2) is 9.97 Å². The summed E-state index contributed by atoms with van der Waals surface area (Å²) >= 11 is 5.22. The van der Waals surface area contributed by atoms with Crippen LogP contribution in [0.25, 0.3) is 0 Å². The second-order valence-corrected chi connectivity index (χ2v) is 6.08. The Labute approximate surface area is 119 Å². The van der Waals surface area contributed by atoms with Crippen LogP contribution in [0, 0.1) is 0 Å². The predicted molar refractivity (Wildman–Crippen MR) is 79.9 cm³/mol. The molecule has 0 aliphatic rings. The molecule has 2 rings (SSSR count). The number of halogens is 1. The lowest BCUT2D eigenvalue weighted by Gasteiger charge is -2.14. The van der Waals surface area contributed by atoms with E-state index in [4.69, 9.17) is 5.73 Å². The number of hydrogen-bond donors (Lipinski definition) is 2. The first kappa shape index (κ1) is 13.3. The van der Waals surface area contributed by atoms with Crippen molar-refractivity contribution in [3.8, 4) is 0 Å². The van der Waals surface area contributed by atoms with Crippen LogP contribution in [0.5, 0.6) is 0 Å². The highest BCUT2D eigenvalue weighted by molar-refractivity contribution is 9.10. The number of nitrogens with two attached hydrogens (primary N) is 1. The van der Waals surface area contributed by atoms with Crippen molar-refractivity contribution in [2.24, 2.45) is 0 Å². The van der Waals surface area contributed by atoms with Crippen molar-refractivity contribution in [2.75, 3.05) is 11.1 Å². The maximum atomic E-state index is 5.90. The Morgan fingerprint density at radius 3 is 2.83 bits per heavy atom. The Kier molecular flexibility index (Phi) is 4.19. The highest BCUT2D eigenvalue weighted by Gasteiger charge is 2.13. The van der Waals surface area contributed by atoms with Gasteiger partial charge in [0.25, 0.3) is 0 Å². The summed E-state index contributed by atoms with van der Waals surface area (Å²) in [5.74, 6) is 1.66. The standard InChI is InChI=1S/C12H15BrN4S/c1-7(2)10-11(14)16-6-17-12(10)15-5-9-8(13)3-4-18-9/h3-4,6-7H,5H2,1-2H3,(H3,14,15,16,17). The molecule has 0 spiro atoms. The molecule has 6 heteroatoms. The molecular formula is C12H15BrN4S. The van der Waals surface area contributed by atoms with Crippen molar-refractivity contribution in [1.29, 1.82) is 0 Å². The third kappa shape index (κ3) is 2.81. The third-order valence-corrected chi connectivity index (χ3v) is 4.53. The first-order chi connectivity index (χ1) is 8.59. The molecule has 18 heavy (non-hydrogen) atoms. The SMILES string of the molecule is CC(C)c1c(N)ncnc1NCc1sccc1Br. The van der Waals surface area contributed by atoms with Gasteiger partial charge in [0, 0.05) is 14.9 Å². The monoisotopic (exact) mass is 326 g/mol. The van der Waals surface area contributed by atoms with E-state index < -0.39 is 0 Å². The molecule has 0 fully saturated rings. The minimum atomic E-state index is 0.292. The lowest BCUT2D eigenvalue weighted by molar-refractivity contribution is 0.850. The fraction of sp³-hybridized carbons (Fsp3) is 0.333. The smallest absolute Gasteiger partial charge is 0.135 e. The van der Waals surface area contributed by atoms with E-state index in [9.17, 15) is 0 Å². The van der Waals surface area contributed by atoms with Crippen LogP contribution in [0.15, 0.2) is 22.2 Å². The summed E-state index contributed by atoms with van der Waals surface area (Å²) < 4.78 is 1.12. The topological polar surface area (TPSA) is 63.8 Å². The summed E-state index contributed by atoms with van der Waals surface area (Å²) in [6.45, 7) is 4.90. The summed E-state index contributed by atoms with van der Waals surface area (Å²) in [7, 11) is 0. The van der Waals surface area contributed by atoms with Crippen LogP contribution in [-0.4, -0.2) is 9.97 Å². The molecular weight excluding hydrogens is 312 g/mol. The van der Waals surface area contributed by atoms with Gasteiger partial charge in [0.2, 0.25) is 0 Å². The maximum absolute atomic E-state index is 5.90. The Morgan fingerprint density at radius 1 is 1.44 bits per heavy atom. The van der Waals surface area contributed by atoms with Gasteiger partial charge >= 0.3 is 0 Å². The van der Waals surface area contributed by atoms with Crippen molar-refractivity contribution in [2.45, 2.75) is 26.3 Å². The van der Waals surface area contributed by atoms with E-state index >= 15 is 0 Å². The fourth-order valence-corrected chi connectivity index (χ4v) is 3.17. The van der Waals surface area contributed by atoms with Crippen LogP contribution in [-0.2, 0) is 6.54 Å². The molecule has 0 unspecified atom stereocenters. The van der Waals surface area contributed by atoms with E-state index in [0.29, 0.717) is 11.7 Å². The van der Waals surface area contributed by atoms with E-state index in [1.807, 2.05) is 6.07 Å². The van der Waals surface area contributed by atoms with Crippen LogP contribution in [0.3, 0.4) is 0 Å². The molecule has 0 aromatic carbocycles. The third-order valence-electron chi connectivity index (χ3n) is 2.60. The molecule has 0 bridgehead atoms. The van der Waals surface area contributed by atoms with Gasteiger partial charge in [-0.3, -0.25) is 0 Å². The summed E-state index contributed by atoms with van der Waals surface area (Å²) in [6.07, 6.45) is 1.49. The van der Waals surface area contributed by atoms with E-state index in [2.05, 4.69) is 50.4 Å². The molecule has 0 saturated carbocycles. The Morgan fingerprint density at radius 2 is 2.22 bits per heavy atom. The van der Waals surface area contributed by atoms with E-state index in [-0.39, 0.29) is 0 Å². The first-order valence-electron chi connectivity index (χ1n) is 5.65. The summed E-state index contributed by atoms with van der Waals surface area (Å²) in [5.41, 5.74) is 6.88. The predicted octanol–water partition coefficient (Wildman–Crippen LogP) is 3.62. The second-order valence-electron chi connectivity index (χ2n) is 4.22. The van der Waals surface area contributed by atoms with Crippen molar-refractivity contribution >= 4 is 38.9 Å². The lowest BCUT2D eigenvalue weighted by Crippen LogP contribution is -2.09. The largest absolute Gasteiger partial charge is 0.383 e. The zero-order chi connectivity index (χ0) is 13.1. The van der Waals surface area contributed by atoms with Crippen LogP contribution in [0.2, 0.25) is 0 Å². The number of thiophene rings is 1. The lowest BCUT2D eigenvalue weighted by atomic mass is 10.0. The normalized spacial score (nSPS) is 10.9. The molecule has 2 aromatic heterocycles. The van der Waals surface area contributed by atoms with Gasteiger partial charge in [-0.2, -0.15) is 0 Å². The first-order valence-corrected chi connectivity index (χ1v) is 7.33. The Bertz CT molecular complexity index is 539. The van der Waals surface area contributed by atoms with Crippen LogP contribution in [0.4, 0.5) is 11.6 Å². The molecule has 0 radical (unpaired) electrons. The van der Waals surface area contributed by atoms with E-state index in [0.717, 1.165) is 22.4 Å². The quantitative estimate of drug-likeness (QED) is 0.900. The van der Waals surface area contributed by atoms with E-state index in [1.54, 1.807) is 11.3 Å². The zero-order valence-electron chi connectivity index (χ0n) is 10.3. The molecule has 0 aliphatic carbocycles. The number of aromatic nitrogens is 2. The zero-order valence-corrected chi connectivity index (χ0v) is 12.7. The van der Waals surface area contributed by atoms with Crippen molar-refractivity contribution in [3.63, 3.8) is 0 Å². The van der Waals surface area contributed by atoms with Crippen LogP contribution < -0.4 is 11.1 Å². The average Bonchev–Trinajstić information content (AvgIpc) is 2.71. The highest BCUT2D eigenvalue weighted by Crippen LogP contribution is 2.28. The summed E-state index contributed by atoms with van der Waals surface area (Å²) in [6, 6.07) is 2.04. The molecule has 2 heterocycles. The van der Waals surface area contributed by atoms with Gasteiger partial charge in [-0.15, -0.1) is 11.3 Å². The highest BCUT2D eigenvalue weighted by atomic mass is 79.9. The number of rotatable bonds is 4. The van der Waals surface area contributed by atoms with Crippen LogP contribution in [0.1, 0.15) is 30.2 Å². The van der Waals surface area contributed by atoms with Gasteiger partial charge in [-0.05, 0) is 33.3 Å².